The molecule has 1 amide bonds. The molecule has 3 heterocycles. The molecule has 0 fully saturated rings. The number of hydrogen-bond donors (Lipinski definition) is 2. The number of pyridine rings is 2. The van der Waals surface area contributed by atoms with Gasteiger partial charge in [-0.25, -0.2) is 0 Å². The molecular formula is C23H24N4O3. The highest BCUT2D eigenvalue weighted by Gasteiger charge is 2.38. The van der Waals surface area contributed by atoms with Crippen molar-refractivity contribution in [2.24, 2.45) is 5.73 Å². The van der Waals surface area contributed by atoms with Gasteiger partial charge in [-0.2, -0.15) is 0 Å². The van der Waals surface area contributed by atoms with Gasteiger partial charge < -0.3 is 15.2 Å². The topological polar surface area (TPSA) is 99.4 Å². The average molecular weight is 404 g/mol. The van der Waals surface area contributed by atoms with Crippen molar-refractivity contribution in [3.63, 3.8) is 0 Å². The van der Waals surface area contributed by atoms with Crippen molar-refractivity contribution < 1.29 is 14.3 Å². The van der Waals surface area contributed by atoms with E-state index in [1.54, 1.807) is 18.6 Å². The van der Waals surface area contributed by atoms with E-state index in [9.17, 15) is 4.79 Å². The summed E-state index contributed by atoms with van der Waals surface area (Å²) in [7, 11) is 0. The number of ether oxygens (including phenoxy) is 2. The highest BCUT2D eigenvalue weighted by Crippen LogP contribution is 2.37. The summed E-state index contributed by atoms with van der Waals surface area (Å²) in [4.78, 5) is 21.1. The number of amides is 1. The van der Waals surface area contributed by atoms with E-state index in [1.165, 1.54) is 0 Å². The quantitative estimate of drug-likeness (QED) is 0.568. The molecule has 3 aromatic rings. The molecule has 30 heavy (non-hydrogen) atoms. The van der Waals surface area contributed by atoms with Gasteiger partial charge in [-0.3, -0.25) is 20.1 Å². The van der Waals surface area contributed by atoms with Gasteiger partial charge in [-0.1, -0.05) is 12.1 Å². The molecule has 0 radical (unpaired) electrons. The zero-order valence-corrected chi connectivity index (χ0v) is 16.6. The van der Waals surface area contributed by atoms with Crippen LogP contribution in [0.5, 0.6) is 11.5 Å². The maximum absolute atomic E-state index is 12.8. The summed E-state index contributed by atoms with van der Waals surface area (Å²) in [5.41, 5.74) is 7.88. The van der Waals surface area contributed by atoms with Crippen LogP contribution in [-0.4, -0.2) is 29.2 Å². The van der Waals surface area contributed by atoms with Gasteiger partial charge in [0.15, 0.2) is 11.5 Å². The maximum atomic E-state index is 12.8. The van der Waals surface area contributed by atoms with Crippen molar-refractivity contribution >= 4 is 5.91 Å². The van der Waals surface area contributed by atoms with Crippen molar-refractivity contribution in [2.75, 3.05) is 13.3 Å². The first kappa shape index (κ1) is 19.8. The molecular weight excluding hydrogens is 380 g/mol. The highest BCUT2D eigenvalue weighted by atomic mass is 16.7. The second-order valence-corrected chi connectivity index (χ2v) is 7.23. The standard InChI is InChI=1S/C23H24N4O3/c24-22(28)23(9-5-17-6-11-25-12-7-17,27-13-8-18-2-1-10-26-15-18)19-3-4-20-21(14-19)30-16-29-20/h1-4,6-7,10-12,14-15,27H,5,8-9,13,16H2,(H2,24,28). The Hall–Kier alpha value is -3.45. The molecule has 154 valence electrons. The molecule has 0 bridgehead atoms. The largest absolute Gasteiger partial charge is 0.454 e. The lowest BCUT2D eigenvalue weighted by Gasteiger charge is -2.33. The van der Waals surface area contributed by atoms with Gasteiger partial charge in [-0.05, 0) is 66.3 Å². The fourth-order valence-electron chi connectivity index (χ4n) is 3.70. The summed E-state index contributed by atoms with van der Waals surface area (Å²) in [5, 5.41) is 3.44. The first-order valence-corrected chi connectivity index (χ1v) is 9.90. The van der Waals surface area contributed by atoms with Crippen molar-refractivity contribution in [1.29, 1.82) is 0 Å². The molecule has 1 aromatic carbocycles. The van der Waals surface area contributed by atoms with Crippen molar-refractivity contribution in [3.8, 4) is 11.5 Å². The number of nitrogens with two attached hydrogens (primary N) is 1. The Labute approximate surface area is 175 Å². The Morgan fingerprint density at radius 2 is 1.83 bits per heavy atom. The number of nitrogens with one attached hydrogen (secondary N) is 1. The Balaban J connectivity index is 1.61. The molecule has 2 aromatic heterocycles. The summed E-state index contributed by atoms with van der Waals surface area (Å²) < 4.78 is 11.0. The molecule has 0 saturated carbocycles. The number of benzene rings is 1. The van der Waals surface area contributed by atoms with Crippen LogP contribution in [-0.2, 0) is 23.2 Å². The van der Waals surface area contributed by atoms with Gasteiger partial charge in [-0.15, -0.1) is 0 Å². The molecule has 1 aliphatic heterocycles. The number of aromatic nitrogens is 2. The third-order valence-electron chi connectivity index (χ3n) is 5.39. The lowest BCUT2D eigenvalue weighted by Crippen LogP contribution is -2.53. The van der Waals surface area contributed by atoms with Crippen LogP contribution in [0.4, 0.5) is 0 Å². The van der Waals surface area contributed by atoms with Crippen LogP contribution in [0.15, 0.2) is 67.3 Å². The molecule has 7 heteroatoms. The number of fused-ring (bicyclic) bond motifs is 1. The average Bonchev–Trinajstić information content (AvgIpc) is 3.25. The van der Waals surface area contributed by atoms with E-state index in [0.717, 1.165) is 23.1 Å². The zero-order chi connectivity index (χ0) is 20.8. The second-order valence-electron chi connectivity index (χ2n) is 7.23. The lowest BCUT2D eigenvalue weighted by molar-refractivity contribution is -0.125. The zero-order valence-electron chi connectivity index (χ0n) is 16.6. The van der Waals surface area contributed by atoms with E-state index in [0.29, 0.717) is 30.9 Å². The van der Waals surface area contributed by atoms with Gasteiger partial charge in [0.25, 0.3) is 0 Å². The first-order chi connectivity index (χ1) is 14.7. The number of aryl methyl sites for hydroxylation is 1. The molecule has 0 aliphatic carbocycles. The van der Waals surface area contributed by atoms with Gasteiger partial charge in [0.1, 0.15) is 5.54 Å². The van der Waals surface area contributed by atoms with Gasteiger partial charge in [0.2, 0.25) is 12.7 Å². The van der Waals surface area contributed by atoms with E-state index in [4.69, 9.17) is 15.2 Å². The fourth-order valence-corrected chi connectivity index (χ4v) is 3.70. The molecule has 1 unspecified atom stereocenters. The van der Waals surface area contributed by atoms with Crippen molar-refractivity contribution in [2.45, 2.75) is 24.8 Å². The summed E-state index contributed by atoms with van der Waals surface area (Å²) in [6.45, 7) is 0.743. The van der Waals surface area contributed by atoms with Crippen molar-refractivity contribution in [1.82, 2.24) is 15.3 Å². The second kappa shape index (κ2) is 8.92. The minimum Gasteiger partial charge on any atom is -0.454 e. The van der Waals surface area contributed by atoms with Crippen LogP contribution in [0.25, 0.3) is 0 Å². The number of primary amides is 1. The SMILES string of the molecule is NC(=O)C(CCc1ccncc1)(NCCc1cccnc1)c1ccc2c(c1)OCO2. The summed E-state index contributed by atoms with van der Waals surface area (Å²) in [6.07, 6.45) is 8.95. The van der Waals surface area contributed by atoms with Gasteiger partial charge in [0, 0.05) is 31.3 Å². The van der Waals surface area contributed by atoms with Gasteiger partial charge >= 0.3 is 0 Å². The predicted molar refractivity (Wildman–Crippen MR) is 112 cm³/mol. The molecule has 7 nitrogen and oxygen atoms in total. The summed E-state index contributed by atoms with van der Waals surface area (Å²) in [6, 6.07) is 13.3. The number of hydrogen-bond acceptors (Lipinski definition) is 6. The summed E-state index contributed by atoms with van der Waals surface area (Å²) >= 11 is 0. The van der Waals surface area contributed by atoms with Crippen LogP contribution in [0.2, 0.25) is 0 Å². The van der Waals surface area contributed by atoms with E-state index < -0.39 is 11.4 Å². The molecule has 3 N–H and O–H groups in total. The maximum Gasteiger partial charge on any atom is 0.242 e. The minimum atomic E-state index is -1.05. The predicted octanol–water partition coefficient (Wildman–Crippen LogP) is 2.35. The normalized spacial score (nSPS) is 14.3. The lowest BCUT2D eigenvalue weighted by atomic mass is 9.83. The third-order valence-corrected chi connectivity index (χ3v) is 5.39. The van der Waals surface area contributed by atoms with Crippen LogP contribution in [0.3, 0.4) is 0 Å². The van der Waals surface area contributed by atoms with Crippen LogP contribution in [0.1, 0.15) is 23.1 Å². The Morgan fingerprint density at radius 3 is 2.60 bits per heavy atom. The smallest absolute Gasteiger partial charge is 0.242 e. The summed E-state index contributed by atoms with van der Waals surface area (Å²) in [5.74, 6) is 0.860. The number of rotatable bonds is 9. The highest BCUT2D eigenvalue weighted by molar-refractivity contribution is 5.86. The first-order valence-electron chi connectivity index (χ1n) is 9.90. The number of nitrogens with zero attached hydrogens (tertiary/aromatic N) is 2. The molecule has 0 spiro atoms. The molecule has 1 atom stereocenters. The molecule has 4 rings (SSSR count). The molecule has 1 aliphatic rings. The van der Waals surface area contributed by atoms with E-state index in [2.05, 4.69) is 15.3 Å². The minimum absolute atomic E-state index is 0.174. The fraction of sp³-hybridized carbons (Fsp3) is 0.261. The molecule has 0 saturated heterocycles. The number of carbonyl (C=O) groups is 1. The van der Waals surface area contributed by atoms with Crippen LogP contribution < -0.4 is 20.5 Å². The monoisotopic (exact) mass is 404 g/mol. The van der Waals surface area contributed by atoms with E-state index in [-0.39, 0.29) is 6.79 Å². The van der Waals surface area contributed by atoms with E-state index >= 15 is 0 Å². The van der Waals surface area contributed by atoms with E-state index in [1.807, 2.05) is 48.7 Å². The van der Waals surface area contributed by atoms with Crippen LogP contribution in [0, 0.1) is 0 Å². The third kappa shape index (κ3) is 4.26. The van der Waals surface area contributed by atoms with Crippen molar-refractivity contribution in [3.05, 3.63) is 83.9 Å². The van der Waals surface area contributed by atoms with Gasteiger partial charge in [0.05, 0.1) is 0 Å². The van der Waals surface area contributed by atoms with Crippen LogP contribution >= 0.6 is 0 Å². The number of carbonyl (C=O) groups excluding carboxylic acids is 1. The Bertz CT molecular complexity index is 998. The Morgan fingerprint density at radius 1 is 1.00 bits per heavy atom. The Kier molecular flexibility index (Phi) is 5.90.